The van der Waals surface area contributed by atoms with Gasteiger partial charge in [0.2, 0.25) is 0 Å². The Hall–Kier alpha value is -1.23. The van der Waals surface area contributed by atoms with Crippen molar-refractivity contribution in [2.45, 2.75) is 39.7 Å². The number of anilines is 2. The van der Waals surface area contributed by atoms with E-state index in [1.807, 2.05) is 11.7 Å². The summed E-state index contributed by atoms with van der Waals surface area (Å²) in [7, 11) is 1.92. The highest BCUT2D eigenvalue weighted by atomic mass is 16.3. The second-order valence-electron chi connectivity index (χ2n) is 4.53. The summed E-state index contributed by atoms with van der Waals surface area (Å²) in [4.78, 5) is 2.19. The fourth-order valence-corrected chi connectivity index (χ4v) is 2.04. The molecule has 0 fully saturated rings. The summed E-state index contributed by atoms with van der Waals surface area (Å²) in [5.41, 5.74) is 7.84. The van der Waals surface area contributed by atoms with Crippen LogP contribution in [0.15, 0.2) is 0 Å². The Morgan fingerprint density at radius 1 is 1.47 bits per heavy atom. The Labute approximate surface area is 103 Å². The largest absolute Gasteiger partial charge is 0.396 e. The molecule has 1 aromatic rings. The van der Waals surface area contributed by atoms with Gasteiger partial charge in [0.15, 0.2) is 5.82 Å². The van der Waals surface area contributed by atoms with Gasteiger partial charge >= 0.3 is 0 Å². The van der Waals surface area contributed by atoms with Crippen LogP contribution in [0.1, 0.15) is 32.9 Å². The molecule has 5 heteroatoms. The number of aliphatic hydroxyl groups excluding tert-OH is 1. The summed E-state index contributed by atoms with van der Waals surface area (Å²) in [6.07, 6.45) is 1.58. The van der Waals surface area contributed by atoms with Crippen molar-refractivity contribution in [1.29, 1.82) is 0 Å². The lowest BCUT2D eigenvalue weighted by Gasteiger charge is -2.29. The summed E-state index contributed by atoms with van der Waals surface area (Å²) in [6.45, 7) is 7.28. The van der Waals surface area contributed by atoms with Gasteiger partial charge in [0.1, 0.15) is 0 Å². The summed E-state index contributed by atoms with van der Waals surface area (Å²) < 4.78 is 1.84. The van der Waals surface area contributed by atoms with Gasteiger partial charge in [-0.2, -0.15) is 5.10 Å². The average molecular weight is 240 g/mol. The van der Waals surface area contributed by atoms with E-state index in [-0.39, 0.29) is 6.61 Å². The van der Waals surface area contributed by atoms with Crippen LogP contribution in [0.4, 0.5) is 11.5 Å². The Balaban J connectivity index is 3.04. The number of nitrogens with zero attached hydrogens (tertiary/aromatic N) is 3. The van der Waals surface area contributed by atoms with Crippen LogP contribution >= 0.6 is 0 Å². The zero-order valence-electron chi connectivity index (χ0n) is 11.3. The molecular weight excluding hydrogens is 216 g/mol. The van der Waals surface area contributed by atoms with Crippen LogP contribution in [0, 0.1) is 0 Å². The quantitative estimate of drug-likeness (QED) is 0.783. The molecular formula is C12H24N4O. The molecule has 0 spiro atoms. The smallest absolute Gasteiger partial charge is 0.150 e. The lowest BCUT2D eigenvalue weighted by atomic mass is 10.2. The SMILES string of the molecule is CCc1nn(C)c(N(CCCO)C(C)C)c1N. The van der Waals surface area contributed by atoms with E-state index >= 15 is 0 Å². The fourth-order valence-electron chi connectivity index (χ4n) is 2.04. The molecule has 0 saturated heterocycles. The number of hydrogen-bond donors (Lipinski definition) is 2. The minimum Gasteiger partial charge on any atom is -0.396 e. The number of nitrogen functional groups attached to an aromatic ring is 1. The molecule has 0 saturated carbocycles. The molecule has 0 unspecified atom stereocenters. The van der Waals surface area contributed by atoms with Crippen LogP contribution in [0.2, 0.25) is 0 Å². The van der Waals surface area contributed by atoms with Crippen LogP contribution in [0.5, 0.6) is 0 Å². The van der Waals surface area contributed by atoms with Crippen molar-refractivity contribution in [3.63, 3.8) is 0 Å². The third kappa shape index (κ3) is 2.91. The number of nitrogens with two attached hydrogens (primary N) is 1. The molecule has 0 atom stereocenters. The van der Waals surface area contributed by atoms with Gasteiger partial charge in [0.25, 0.3) is 0 Å². The highest BCUT2D eigenvalue weighted by molar-refractivity contribution is 5.66. The normalized spacial score (nSPS) is 11.2. The first kappa shape index (κ1) is 13.8. The Morgan fingerprint density at radius 2 is 2.12 bits per heavy atom. The molecule has 1 rings (SSSR count). The molecule has 5 nitrogen and oxygen atoms in total. The third-order valence-corrected chi connectivity index (χ3v) is 2.92. The molecule has 0 bridgehead atoms. The van der Waals surface area contributed by atoms with Gasteiger partial charge in [-0.25, -0.2) is 0 Å². The van der Waals surface area contributed by atoms with E-state index in [9.17, 15) is 0 Å². The average Bonchev–Trinajstić information content (AvgIpc) is 2.56. The molecule has 1 heterocycles. The van der Waals surface area contributed by atoms with Crippen LogP contribution in [-0.4, -0.2) is 34.1 Å². The molecule has 0 radical (unpaired) electrons. The third-order valence-electron chi connectivity index (χ3n) is 2.92. The first-order chi connectivity index (χ1) is 8.02. The van der Waals surface area contributed by atoms with Gasteiger partial charge in [-0.15, -0.1) is 0 Å². The van der Waals surface area contributed by atoms with Crippen molar-refractivity contribution in [2.24, 2.45) is 7.05 Å². The number of aliphatic hydroxyl groups is 1. The standard InChI is InChI=1S/C12H24N4O/c1-5-10-11(13)12(15(4)14-10)16(9(2)3)7-6-8-17/h9,17H,5-8,13H2,1-4H3. The predicted molar refractivity (Wildman–Crippen MR) is 71.2 cm³/mol. The van der Waals surface area contributed by atoms with Gasteiger partial charge in [0, 0.05) is 26.2 Å². The minimum absolute atomic E-state index is 0.196. The number of aromatic nitrogens is 2. The second kappa shape index (κ2) is 5.91. The number of hydrogen-bond acceptors (Lipinski definition) is 4. The van der Waals surface area contributed by atoms with E-state index in [1.54, 1.807) is 0 Å². The topological polar surface area (TPSA) is 67.3 Å². The van der Waals surface area contributed by atoms with Crippen molar-refractivity contribution in [2.75, 3.05) is 23.8 Å². The van der Waals surface area contributed by atoms with E-state index in [2.05, 4.69) is 30.8 Å². The lowest BCUT2D eigenvalue weighted by molar-refractivity contribution is 0.288. The molecule has 17 heavy (non-hydrogen) atoms. The zero-order chi connectivity index (χ0) is 13.0. The molecule has 98 valence electrons. The summed E-state index contributed by atoms with van der Waals surface area (Å²) in [6, 6.07) is 0.337. The predicted octanol–water partition coefficient (Wildman–Crippen LogP) is 1.16. The second-order valence-corrected chi connectivity index (χ2v) is 4.53. The maximum atomic E-state index is 8.95. The van der Waals surface area contributed by atoms with Crippen molar-refractivity contribution in [1.82, 2.24) is 9.78 Å². The highest BCUT2D eigenvalue weighted by Gasteiger charge is 2.20. The minimum atomic E-state index is 0.196. The van der Waals surface area contributed by atoms with Crippen LogP contribution < -0.4 is 10.6 Å². The van der Waals surface area contributed by atoms with Gasteiger partial charge in [0.05, 0.1) is 11.4 Å². The molecule has 1 aromatic heterocycles. The molecule has 0 aliphatic rings. The maximum Gasteiger partial charge on any atom is 0.150 e. The monoisotopic (exact) mass is 240 g/mol. The molecule has 0 aromatic carbocycles. The van der Waals surface area contributed by atoms with Gasteiger partial charge in [-0.05, 0) is 26.7 Å². The summed E-state index contributed by atoms with van der Waals surface area (Å²) in [5.74, 6) is 0.963. The van der Waals surface area contributed by atoms with Crippen LogP contribution in [-0.2, 0) is 13.5 Å². The highest BCUT2D eigenvalue weighted by Crippen LogP contribution is 2.28. The molecule has 0 amide bonds. The van der Waals surface area contributed by atoms with Crippen molar-refractivity contribution in [3.05, 3.63) is 5.69 Å². The number of rotatable bonds is 6. The van der Waals surface area contributed by atoms with Gasteiger partial charge < -0.3 is 15.7 Å². The van der Waals surface area contributed by atoms with E-state index < -0.39 is 0 Å². The first-order valence-electron chi connectivity index (χ1n) is 6.21. The van der Waals surface area contributed by atoms with E-state index in [4.69, 9.17) is 10.8 Å². The first-order valence-corrected chi connectivity index (χ1v) is 6.21. The zero-order valence-corrected chi connectivity index (χ0v) is 11.3. The Bertz CT molecular complexity index is 360. The van der Waals surface area contributed by atoms with Gasteiger partial charge in [-0.1, -0.05) is 6.92 Å². The maximum absolute atomic E-state index is 8.95. The van der Waals surface area contributed by atoms with Crippen molar-refractivity contribution in [3.8, 4) is 0 Å². The van der Waals surface area contributed by atoms with E-state index in [0.29, 0.717) is 6.04 Å². The fraction of sp³-hybridized carbons (Fsp3) is 0.750. The molecule has 0 aliphatic heterocycles. The van der Waals surface area contributed by atoms with E-state index in [0.717, 1.165) is 36.6 Å². The van der Waals surface area contributed by atoms with Crippen molar-refractivity contribution < 1.29 is 5.11 Å². The molecule has 3 N–H and O–H groups in total. The van der Waals surface area contributed by atoms with Crippen molar-refractivity contribution >= 4 is 11.5 Å². The van der Waals surface area contributed by atoms with Crippen LogP contribution in [0.3, 0.4) is 0 Å². The lowest BCUT2D eigenvalue weighted by Crippen LogP contribution is -2.34. The number of aryl methyl sites for hydroxylation is 2. The van der Waals surface area contributed by atoms with Gasteiger partial charge in [-0.3, -0.25) is 4.68 Å². The summed E-state index contributed by atoms with van der Waals surface area (Å²) >= 11 is 0. The van der Waals surface area contributed by atoms with Crippen LogP contribution in [0.25, 0.3) is 0 Å². The Morgan fingerprint density at radius 3 is 2.53 bits per heavy atom. The molecule has 0 aliphatic carbocycles. The summed E-state index contributed by atoms with van der Waals surface area (Å²) in [5, 5.41) is 13.4. The Kier molecular flexibility index (Phi) is 4.81. The van der Waals surface area contributed by atoms with E-state index in [1.165, 1.54) is 0 Å².